The quantitative estimate of drug-likeness (QED) is 0.574. The number of ether oxygens (including phenoxy) is 3. The van der Waals surface area contributed by atoms with Crippen molar-refractivity contribution >= 4 is 12.0 Å². The fraction of sp³-hybridized carbons (Fsp3) is 0.333. The lowest BCUT2D eigenvalue weighted by atomic mass is 9.91. The predicted molar refractivity (Wildman–Crippen MR) is 98.6 cm³/mol. The molecule has 3 rings (SSSR count). The summed E-state index contributed by atoms with van der Waals surface area (Å²) >= 11 is 0. The number of nitrogens with zero attached hydrogens (tertiary/aromatic N) is 1. The Morgan fingerprint density at radius 1 is 1.04 bits per heavy atom. The van der Waals surface area contributed by atoms with Gasteiger partial charge in [-0.2, -0.15) is 0 Å². The first kappa shape index (κ1) is 19.1. The number of carbonyl (C=O) groups is 2. The van der Waals surface area contributed by atoms with Crippen molar-refractivity contribution in [3.63, 3.8) is 0 Å². The minimum atomic E-state index is -0.951. The van der Waals surface area contributed by atoms with Crippen molar-refractivity contribution in [1.29, 1.82) is 0 Å². The summed E-state index contributed by atoms with van der Waals surface area (Å²) in [5, 5.41) is 0. The van der Waals surface area contributed by atoms with Crippen LogP contribution in [0.1, 0.15) is 31.0 Å². The number of hydrogen-bond acceptors (Lipinski definition) is 5. The summed E-state index contributed by atoms with van der Waals surface area (Å²) in [6.07, 6.45) is -1.50. The Labute approximate surface area is 158 Å². The molecule has 0 bridgehead atoms. The van der Waals surface area contributed by atoms with Gasteiger partial charge in [0, 0.05) is 7.11 Å². The van der Waals surface area contributed by atoms with Gasteiger partial charge < -0.3 is 14.2 Å². The average molecular weight is 369 g/mol. The zero-order valence-corrected chi connectivity index (χ0v) is 15.6. The molecule has 6 heteroatoms. The van der Waals surface area contributed by atoms with E-state index in [0.29, 0.717) is 0 Å². The summed E-state index contributed by atoms with van der Waals surface area (Å²) < 4.78 is 16.4. The van der Waals surface area contributed by atoms with Crippen LogP contribution in [0, 0.1) is 0 Å². The van der Waals surface area contributed by atoms with Crippen LogP contribution >= 0.6 is 0 Å². The van der Waals surface area contributed by atoms with Crippen molar-refractivity contribution in [2.75, 3.05) is 7.11 Å². The summed E-state index contributed by atoms with van der Waals surface area (Å²) in [5.74, 6) is -1.39. The third-order valence-corrected chi connectivity index (χ3v) is 4.49. The van der Waals surface area contributed by atoms with E-state index in [1.165, 1.54) is 7.11 Å². The Bertz CT molecular complexity index is 791. The minimum absolute atomic E-state index is 0.0973. The van der Waals surface area contributed by atoms with Crippen molar-refractivity contribution in [1.82, 2.24) is 4.90 Å². The van der Waals surface area contributed by atoms with Gasteiger partial charge in [-0.3, -0.25) is 4.79 Å². The topological polar surface area (TPSA) is 65.1 Å². The number of benzene rings is 2. The molecule has 2 amide bonds. The molecule has 27 heavy (non-hydrogen) atoms. The summed E-state index contributed by atoms with van der Waals surface area (Å²) in [5.41, 5.74) is 1.65. The molecule has 0 unspecified atom stereocenters. The lowest BCUT2D eigenvalue weighted by Crippen LogP contribution is -2.63. The van der Waals surface area contributed by atoms with Gasteiger partial charge in [0.25, 0.3) is 5.91 Å². The predicted octanol–water partition coefficient (Wildman–Crippen LogP) is 3.67. The zero-order chi connectivity index (χ0) is 19.4. The van der Waals surface area contributed by atoms with Gasteiger partial charge in [0.05, 0.1) is 0 Å². The molecule has 1 aliphatic rings. The highest BCUT2D eigenvalue weighted by atomic mass is 16.7. The molecular weight excluding hydrogens is 346 g/mol. The molecule has 1 aliphatic heterocycles. The SMILES string of the molecule is COC(C)(C)O[C@@H]1C(=O)N(C(=O)OCc2ccccc2)[C@@H]1c1ccccc1. The Hall–Kier alpha value is -2.70. The molecule has 1 heterocycles. The van der Waals surface area contributed by atoms with Crippen LogP contribution in [-0.2, 0) is 25.6 Å². The number of amides is 2. The minimum Gasteiger partial charge on any atom is -0.444 e. The number of hydrogen-bond donors (Lipinski definition) is 0. The van der Waals surface area contributed by atoms with E-state index < -0.39 is 29.9 Å². The van der Waals surface area contributed by atoms with E-state index in [-0.39, 0.29) is 6.61 Å². The van der Waals surface area contributed by atoms with Crippen LogP contribution in [0.4, 0.5) is 4.79 Å². The van der Waals surface area contributed by atoms with Gasteiger partial charge in [-0.1, -0.05) is 60.7 Å². The first-order valence-corrected chi connectivity index (χ1v) is 8.74. The number of imide groups is 1. The van der Waals surface area contributed by atoms with Crippen molar-refractivity contribution < 1.29 is 23.8 Å². The molecule has 2 aromatic rings. The molecule has 2 aromatic carbocycles. The highest BCUT2D eigenvalue weighted by molar-refractivity contribution is 6.01. The summed E-state index contributed by atoms with van der Waals surface area (Å²) in [6.45, 7) is 3.54. The van der Waals surface area contributed by atoms with E-state index in [2.05, 4.69) is 0 Å². The van der Waals surface area contributed by atoms with E-state index in [0.717, 1.165) is 16.0 Å². The van der Waals surface area contributed by atoms with Gasteiger partial charge >= 0.3 is 6.09 Å². The molecule has 0 aliphatic carbocycles. The summed E-state index contributed by atoms with van der Waals surface area (Å²) in [7, 11) is 1.51. The number of β-lactam (4-membered cyclic amide) rings is 1. The van der Waals surface area contributed by atoms with Crippen LogP contribution in [0.25, 0.3) is 0 Å². The third kappa shape index (κ3) is 4.18. The largest absolute Gasteiger partial charge is 0.444 e. The second-order valence-corrected chi connectivity index (χ2v) is 6.75. The van der Waals surface area contributed by atoms with Crippen LogP contribution in [-0.4, -0.2) is 35.9 Å². The van der Waals surface area contributed by atoms with E-state index >= 15 is 0 Å². The molecule has 0 saturated carbocycles. The average Bonchev–Trinajstić information content (AvgIpc) is 2.69. The van der Waals surface area contributed by atoms with Crippen molar-refractivity contribution in [3.8, 4) is 0 Å². The smallest absolute Gasteiger partial charge is 0.417 e. The molecule has 6 nitrogen and oxygen atoms in total. The Morgan fingerprint density at radius 2 is 1.63 bits per heavy atom. The van der Waals surface area contributed by atoms with Gasteiger partial charge in [-0.25, -0.2) is 9.69 Å². The number of rotatable bonds is 6. The second kappa shape index (κ2) is 7.90. The van der Waals surface area contributed by atoms with Crippen LogP contribution in [0.2, 0.25) is 0 Å². The number of likely N-dealkylation sites (tertiary alicyclic amines) is 1. The Kier molecular flexibility index (Phi) is 5.58. The van der Waals surface area contributed by atoms with Gasteiger partial charge in [-0.05, 0) is 25.0 Å². The second-order valence-electron chi connectivity index (χ2n) is 6.75. The summed E-state index contributed by atoms with van der Waals surface area (Å²) in [6, 6.07) is 18.0. The van der Waals surface area contributed by atoms with E-state index in [4.69, 9.17) is 14.2 Å². The fourth-order valence-electron chi connectivity index (χ4n) is 2.90. The Balaban J connectivity index is 1.76. The molecule has 1 saturated heterocycles. The van der Waals surface area contributed by atoms with E-state index in [9.17, 15) is 9.59 Å². The highest BCUT2D eigenvalue weighted by Crippen LogP contribution is 2.39. The molecule has 0 radical (unpaired) electrons. The van der Waals surface area contributed by atoms with Crippen LogP contribution in [0.3, 0.4) is 0 Å². The van der Waals surface area contributed by atoms with Gasteiger partial charge in [0.1, 0.15) is 12.6 Å². The maximum atomic E-state index is 12.6. The maximum absolute atomic E-state index is 12.6. The molecule has 0 spiro atoms. The summed E-state index contributed by atoms with van der Waals surface area (Å²) in [4.78, 5) is 26.3. The molecule has 0 aromatic heterocycles. The third-order valence-electron chi connectivity index (χ3n) is 4.49. The standard InChI is InChI=1S/C21H23NO5/c1-21(2,25-3)27-18-17(16-12-8-5-9-13-16)22(19(18)23)20(24)26-14-15-10-6-4-7-11-15/h4-13,17-18H,14H2,1-3H3/t17-,18+/m1/s1. The maximum Gasteiger partial charge on any atom is 0.417 e. The van der Waals surface area contributed by atoms with Crippen molar-refractivity contribution in [2.45, 2.75) is 38.4 Å². The van der Waals surface area contributed by atoms with Crippen LogP contribution in [0.5, 0.6) is 0 Å². The molecule has 2 atom stereocenters. The van der Waals surface area contributed by atoms with Crippen molar-refractivity contribution in [3.05, 3.63) is 71.8 Å². The lowest BCUT2D eigenvalue weighted by Gasteiger charge is -2.46. The van der Waals surface area contributed by atoms with Crippen LogP contribution < -0.4 is 0 Å². The van der Waals surface area contributed by atoms with Gasteiger partial charge in [0.15, 0.2) is 11.9 Å². The molecular formula is C21H23NO5. The van der Waals surface area contributed by atoms with Gasteiger partial charge in [0.2, 0.25) is 0 Å². The molecule has 0 N–H and O–H groups in total. The fourth-order valence-corrected chi connectivity index (χ4v) is 2.90. The lowest BCUT2D eigenvalue weighted by molar-refractivity contribution is -0.251. The highest BCUT2D eigenvalue weighted by Gasteiger charge is 2.55. The van der Waals surface area contributed by atoms with E-state index in [1.54, 1.807) is 13.8 Å². The molecule has 1 fully saturated rings. The first-order valence-electron chi connectivity index (χ1n) is 8.74. The number of carbonyl (C=O) groups excluding carboxylic acids is 2. The van der Waals surface area contributed by atoms with Crippen molar-refractivity contribution in [2.24, 2.45) is 0 Å². The first-order chi connectivity index (χ1) is 12.9. The molecule has 142 valence electrons. The van der Waals surface area contributed by atoms with Gasteiger partial charge in [-0.15, -0.1) is 0 Å². The van der Waals surface area contributed by atoms with Crippen LogP contribution in [0.15, 0.2) is 60.7 Å². The van der Waals surface area contributed by atoms with E-state index in [1.807, 2.05) is 60.7 Å². The zero-order valence-electron chi connectivity index (χ0n) is 15.6. The number of methoxy groups -OCH3 is 1. The Morgan fingerprint density at radius 3 is 2.22 bits per heavy atom. The monoisotopic (exact) mass is 369 g/mol. The normalized spacial score (nSPS) is 19.5.